The van der Waals surface area contributed by atoms with Gasteiger partial charge in [-0.2, -0.15) is 0 Å². The van der Waals surface area contributed by atoms with Crippen LogP contribution >= 0.6 is 0 Å². The van der Waals surface area contributed by atoms with Crippen LogP contribution < -0.4 is 10.1 Å². The molecule has 0 unspecified atom stereocenters. The van der Waals surface area contributed by atoms with Crippen LogP contribution in [0.2, 0.25) is 0 Å². The van der Waals surface area contributed by atoms with Crippen molar-refractivity contribution in [3.8, 4) is 5.75 Å². The quantitative estimate of drug-likeness (QED) is 0.739. The highest BCUT2D eigenvalue weighted by atomic mass is 16.5. The largest absolute Gasteiger partial charge is 0.491 e. The predicted octanol–water partition coefficient (Wildman–Crippen LogP) is 2.79. The van der Waals surface area contributed by atoms with Crippen LogP contribution in [0.5, 0.6) is 5.75 Å². The lowest BCUT2D eigenvalue weighted by Crippen LogP contribution is -2.34. The Morgan fingerprint density at radius 3 is 2.82 bits per heavy atom. The summed E-state index contributed by atoms with van der Waals surface area (Å²) in [6.07, 6.45) is 2.95. The smallest absolute Gasteiger partial charge is 0.140 e. The molecule has 3 nitrogen and oxygen atoms in total. The highest BCUT2D eigenvalue weighted by molar-refractivity contribution is 5.25. The van der Waals surface area contributed by atoms with Crippen molar-refractivity contribution in [3.05, 3.63) is 24.0 Å². The topological polar surface area (TPSA) is 34.1 Å². The second-order valence-corrected chi connectivity index (χ2v) is 5.22. The Bertz CT molecular complexity index is 337. The van der Waals surface area contributed by atoms with E-state index in [1.165, 1.54) is 6.42 Å². The first-order valence-electron chi connectivity index (χ1n) is 6.30. The molecule has 1 aromatic heterocycles. The molecule has 0 atom stereocenters. The van der Waals surface area contributed by atoms with E-state index in [1.54, 1.807) is 6.20 Å². The Labute approximate surface area is 105 Å². The van der Waals surface area contributed by atoms with Crippen molar-refractivity contribution in [2.24, 2.45) is 5.41 Å². The van der Waals surface area contributed by atoms with Gasteiger partial charge in [-0.15, -0.1) is 0 Å². The van der Waals surface area contributed by atoms with Crippen LogP contribution in [-0.4, -0.2) is 24.7 Å². The molecule has 0 fully saturated rings. The summed E-state index contributed by atoms with van der Waals surface area (Å²) in [6.45, 7) is 11.3. The standard InChI is InChI=1S/C14H24N2O/c1-5-8-15-10-14(3,4)11-17-13-7-6-9-16-12(13)2/h6-7,9,15H,5,8,10-11H2,1-4H3. The normalized spacial score (nSPS) is 11.5. The van der Waals surface area contributed by atoms with Gasteiger partial charge in [-0.25, -0.2) is 0 Å². The first-order valence-corrected chi connectivity index (χ1v) is 6.30. The molecular weight excluding hydrogens is 212 g/mol. The minimum absolute atomic E-state index is 0.136. The van der Waals surface area contributed by atoms with Crippen LogP contribution in [-0.2, 0) is 0 Å². The van der Waals surface area contributed by atoms with E-state index in [0.717, 1.165) is 24.5 Å². The molecule has 3 heteroatoms. The maximum Gasteiger partial charge on any atom is 0.140 e. The second-order valence-electron chi connectivity index (χ2n) is 5.22. The SMILES string of the molecule is CCCNCC(C)(C)COc1cccnc1C. The first-order chi connectivity index (χ1) is 8.05. The summed E-state index contributed by atoms with van der Waals surface area (Å²) in [4.78, 5) is 4.21. The number of aryl methyl sites for hydroxylation is 1. The fourth-order valence-electron chi connectivity index (χ4n) is 1.55. The molecule has 1 N–H and O–H groups in total. The minimum atomic E-state index is 0.136. The monoisotopic (exact) mass is 236 g/mol. The predicted molar refractivity (Wildman–Crippen MR) is 71.4 cm³/mol. The van der Waals surface area contributed by atoms with Crippen LogP contribution in [0.25, 0.3) is 0 Å². The number of ether oxygens (including phenoxy) is 1. The van der Waals surface area contributed by atoms with Gasteiger partial charge in [-0.1, -0.05) is 20.8 Å². The third-order valence-electron chi connectivity index (χ3n) is 2.61. The van der Waals surface area contributed by atoms with E-state index in [1.807, 2.05) is 19.1 Å². The van der Waals surface area contributed by atoms with Gasteiger partial charge in [-0.3, -0.25) is 4.98 Å². The zero-order valence-electron chi connectivity index (χ0n) is 11.4. The highest BCUT2D eigenvalue weighted by Crippen LogP contribution is 2.19. The third kappa shape index (κ3) is 5.18. The number of nitrogens with zero attached hydrogens (tertiary/aromatic N) is 1. The van der Waals surface area contributed by atoms with E-state index in [4.69, 9.17) is 4.74 Å². The molecule has 1 aromatic rings. The number of pyridine rings is 1. The molecule has 1 heterocycles. The summed E-state index contributed by atoms with van der Waals surface area (Å²) in [5.41, 5.74) is 1.09. The number of hydrogen-bond donors (Lipinski definition) is 1. The lowest BCUT2D eigenvalue weighted by atomic mass is 9.95. The summed E-state index contributed by atoms with van der Waals surface area (Å²) in [5, 5.41) is 3.43. The molecule has 0 radical (unpaired) electrons. The fraction of sp³-hybridized carbons (Fsp3) is 0.643. The van der Waals surface area contributed by atoms with Crippen molar-refractivity contribution < 1.29 is 4.74 Å². The van der Waals surface area contributed by atoms with Crippen molar-refractivity contribution in [3.63, 3.8) is 0 Å². The summed E-state index contributed by atoms with van der Waals surface area (Å²) in [6, 6.07) is 3.88. The molecular formula is C14H24N2O. The van der Waals surface area contributed by atoms with Crippen molar-refractivity contribution in [1.82, 2.24) is 10.3 Å². The molecule has 0 aromatic carbocycles. The van der Waals surface area contributed by atoms with Gasteiger partial charge >= 0.3 is 0 Å². The van der Waals surface area contributed by atoms with Crippen LogP contribution in [0.15, 0.2) is 18.3 Å². The molecule has 96 valence electrons. The van der Waals surface area contributed by atoms with Gasteiger partial charge in [-0.05, 0) is 32.0 Å². The van der Waals surface area contributed by atoms with Gasteiger partial charge in [0.15, 0.2) is 0 Å². The number of hydrogen-bond acceptors (Lipinski definition) is 3. The van der Waals surface area contributed by atoms with Gasteiger partial charge in [0.05, 0.1) is 12.3 Å². The van der Waals surface area contributed by atoms with Gasteiger partial charge in [0.1, 0.15) is 5.75 Å². The van der Waals surface area contributed by atoms with Crippen LogP contribution in [0.4, 0.5) is 0 Å². The van der Waals surface area contributed by atoms with Gasteiger partial charge < -0.3 is 10.1 Å². The van der Waals surface area contributed by atoms with Crippen molar-refractivity contribution in [2.45, 2.75) is 34.1 Å². The Balaban J connectivity index is 2.41. The third-order valence-corrected chi connectivity index (χ3v) is 2.61. The molecule has 0 saturated heterocycles. The van der Waals surface area contributed by atoms with E-state index < -0.39 is 0 Å². The molecule has 1 rings (SSSR count). The van der Waals surface area contributed by atoms with Gasteiger partial charge in [0.2, 0.25) is 0 Å². The Kier molecular flexibility index (Phi) is 5.42. The molecule has 0 spiro atoms. The van der Waals surface area contributed by atoms with Gasteiger partial charge in [0, 0.05) is 18.2 Å². The molecule has 0 aliphatic heterocycles. The minimum Gasteiger partial charge on any atom is -0.491 e. The van der Waals surface area contributed by atoms with E-state index >= 15 is 0 Å². The highest BCUT2D eigenvalue weighted by Gasteiger charge is 2.18. The Morgan fingerprint density at radius 2 is 2.18 bits per heavy atom. The summed E-state index contributed by atoms with van der Waals surface area (Å²) in [7, 11) is 0. The van der Waals surface area contributed by atoms with Crippen molar-refractivity contribution in [2.75, 3.05) is 19.7 Å². The lowest BCUT2D eigenvalue weighted by Gasteiger charge is -2.25. The average Bonchev–Trinajstić information content (AvgIpc) is 2.28. The van der Waals surface area contributed by atoms with Crippen molar-refractivity contribution in [1.29, 1.82) is 0 Å². The number of rotatable bonds is 7. The maximum absolute atomic E-state index is 5.83. The zero-order chi connectivity index (χ0) is 12.7. The van der Waals surface area contributed by atoms with Crippen LogP contribution in [0.3, 0.4) is 0 Å². The van der Waals surface area contributed by atoms with Crippen LogP contribution in [0.1, 0.15) is 32.9 Å². The Morgan fingerprint density at radius 1 is 1.41 bits per heavy atom. The molecule has 17 heavy (non-hydrogen) atoms. The average molecular weight is 236 g/mol. The molecule has 0 aliphatic carbocycles. The van der Waals surface area contributed by atoms with Gasteiger partial charge in [0.25, 0.3) is 0 Å². The van der Waals surface area contributed by atoms with E-state index in [9.17, 15) is 0 Å². The molecule has 0 bridgehead atoms. The van der Waals surface area contributed by atoms with Crippen molar-refractivity contribution >= 4 is 0 Å². The first kappa shape index (κ1) is 14.0. The number of aromatic nitrogens is 1. The molecule has 0 aliphatic rings. The van der Waals surface area contributed by atoms with E-state index in [-0.39, 0.29) is 5.41 Å². The lowest BCUT2D eigenvalue weighted by molar-refractivity contribution is 0.175. The maximum atomic E-state index is 5.83. The van der Waals surface area contributed by atoms with E-state index in [2.05, 4.69) is 31.1 Å². The Hall–Kier alpha value is -1.09. The van der Waals surface area contributed by atoms with Crippen LogP contribution in [0, 0.1) is 12.3 Å². The molecule has 0 saturated carbocycles. The summed E-state index contributed by atoms with van der Waals surface area (Å²) < 4.78 is 5.83. The zero-order valence-corrected chi connectivity index (χ0v) is 11.4. The number of nitrogens with one attached hydrogen (secondary N) is 1. The second kappa shape index (κ2) is 6.60. The molecule has 0 amide bonds. The fourth-order valence-corrected chi connectivity index (χ4v) is 1.55. The van der Waals surface area contributed by atoms with E-state index in [0.29, 0.717) is 6.61 Å². The summed E-state index contributed by atoms with van der Waals surface area (Å²) >= 11 is 0. The summed E-state index contributed by atoms with van der Waals surface area (Å²) in [5.74, 6) is 0.885.